The van der Waals surface area contributed by atoms with E-state index in [0.29, 0.717) is 0 Å². The predicted octanol–water partition coefficient (Wildman–Crippen LogP) is 2.71. The molecule has 1 unspecified atom stereocenters. The summed E-state index contributed by atoms with van der Waals surface area (Å²) in [7, 11) is 0. The molecule has 0 spiro atoms. The number of alkyl halides is 1. The lowest BCUT2D eigenvalue weighted by atomic mass is 9.98. The van der Waals surface area contributed by atoms with Crippen molar-refractivity contribution in [1.29, 1.82) is 0 Å². The van der Waals surface area contributed by atoms with Crippen LogP contribution in [-0.4, -0.2) is 15.7 Å². The van der Waals surface area contributed by atoms with Gasteiger partial charge in [0, 0.05) is 5.56 Å². The van der Waals surface area contributed by atoms with Gasteiger partial charge < -0.3 is 5.11 Å². The minimum atomic E-state index is -0.164. The lowest BCUT2D eigenvalue weighted by molar-refractivity contribution is 0.0995. The van der Waals surface area contributed by atoms with Crippen LogP contribution in [0.1, 0.15) is 35.3 Å². The number of carbonyl (C=O) groups excluding carboxylic acids is 1. The summed E-state index contributed by atoms with van der Waals surface area (Å²) in [5, 5.41) is 9.00. The lowest BCUT2D eigenvalue weighted by Crippen LogP contribution is -2.12. The highest BCUT2D eigenvalue weighted by molar-refractivity contribution is 9.10. The molecule has 0 radical (unpaired) electrons. The summed E-state index contributed by atoms with van der Waals surface area (Å²) < 4.78 is 0. The molecule has 1 rings (SSSR count). The number of halogens is 1. The van der Waals surface area contributed by atoms with Gasteiger partial charge in [0.1, 0.15) is 0 Å². The molecule has 0 heterocycles. The predicted molar refractivity (Wildman–Crippen MR) is 64.5 cm³/mol. The topological polar surface area (TPSA) is 37.3 Å². The van der Waals surface area contributed by atoms with Crippen molar-refractivity contribution < 1.29 is 9.90 Å². The molecule has 2 nitrogen and oxygen atoms in total. The van der Waals surface area contributed by atoms with E-state index in [2.05, 4.69) is 15.9 Å². The van der Waals surface area contributed by atoms with Crippen molar-refractivity contribution >= 4 is 21.7 Å². The highest BCUT2D eigenvalue weighted by Crippen LogP contribution is 2.17. The number of carbonyl (C=O) groups is 1. The number of hydrogen-bond donors (Lipinski definition) is 1. The average molecular weight is 271 g/mol. The Bertz CT molecular complexity index is 359. The van der Waals surface area contributed by atoms with E-state index in [1.807, 2.05) is 19.9 Å². The minimum Gasteiger partial charge on any atom is -0.392 e. The fourth-order valence-corrected chi connectivity index (χ4v) is 1.74. The summed E-state index contributed by atoms with van der Waals surface area (Å²) in [5.74, 6) is 0.0938. The molecule has 0 bridgehead atoms. The number of aryl methyl sites for hydroxylation is 1. The van der Waals surface area contributed by atoms with Gasteiger partial charge in [0.2, 0.25) is 0 Å². The molecule has 15 heavy (non-hydrogen) atoms. The van der Waals surface area contributed by atoms with Crippen molar-refractivity contribution in [3.8, 4) is 0 Å². The van der Waals surface area contributed by atoms with Crippen LogP contribution in [0.25, 0.3) is 0 Å². The number of Topliss-reactive ketones (excluding diaryl/α,β-unsaturated/α-hetero) is 1. The molecular formula is C12H15BrO2. The highest BCUT2D eigenvalue weighted by Gasteiger charge is 2.15. The Labute approximate surface area is 98.4 Å². The summed E-state index contributed by atoms with van der Waals surface area (Å²) in [4.78, 5) is 11.7. The van der Waals surface area contributed by atoms with E-state index in [4.69, 9.17) is 5.11 Å². The summed E-state index contributed by atoms with van der Waals surface area (Å²) in [6.45, 7) is 3.85. The molecule has 3 heteroatoms. The SMILES string of the molecule is CCc1cc(CO)ccc1C(=O)C(C)Br. The smallest absolute Gasteiger partial charge is 0.176 e. The Balaban J connectivity index is 3.13. The number of aliphatic hydroxyl groups excluding tert-OH is 1. The van der Waals surface area contributed by atoms with Crippen molar-refractivity contribution in [2.75, 3.05) is 0 Å². The van der Waals surface area contributed by atoms with Crippen LogP contribution in [0.2, 0.25) is 0 Å². The van der Waals surface area contributed by atoms with Gasteiger partial charge in [0.05, 0.1) is 11.4 Å². The van der Waals surface area contributed by atoms with Gasteiger partial charge >= 0.3 is 0 Å². The Hall–Kier alpha value is -0.670. The van der Waals surface area contributed by atoms with Gasteiger partial charge in [-0.25, -0.2) is 0 Å². The first-order chi connectivity index (χ1) is 7.10. The number of aliphatic hydroxyl groups is 1. The van der Waals surface area contributed by atoms with Crippen molar-refractivity contribution in [3.05, 3.63) is 34.9 Å². The molecule has 0 fully saturated rings. The van der Waals surface area contributed by atoms with Gasteiger partial charge in [-0.2, -0.15) is 0 Å². The highest BCUT2D eigenvalue weighted by atomic mass is 79.9. The maximum absolute atomic E-state index is 11.8. The van der Waals surface area contributed by atoms with Gasteiger partial charge in [-0.3, -0.25) is 4.79 Å². The monoisotopic (exact) mass is 270 g/mol. The molecule has 0 saturated carbocycles. The van der Waals surface area contributed by atoms with Crippen molar-refractivity contribution in [2.24, 2.45) is 0 Å². The van der Waals surface area contributed by atoms with Crippen LogP contribution >= 0.6 is 15.9 Å². The average Bonchev–Trinajstić information content (AvgIpc) is 2.27. The maximum Gasteiger partial charge on any atom is 0.176 e. The van der Waals surface area contributed by atoms with E-state index in [0.717, 1.165) is 23.1 Å². The van der Waals surface area contributed by atoms with E-state index in [9.17, 15) is 4.79 Å². The Morgan fingerprint density at radius 2 is 2.20 bits per heavy atom. The standard InChI is InChI=1S/C12H15BrO2/c1-3-10-6-9(7-14)4-5-11(10)12(15)8(2)13/h4-6,8,14H,3,7H2,1-2H3. The summed E-state index contributed by atoms with van der Waals surface area (Å²) >= 11 is 3.28. The summed E-state index contributed by atoms with van der Waals surface area (Å²) in [5.41, 5.74) is 2.60. The molecular weight excluding hydrogens is 256 g/mol. The molecule has 0 saturated heterocycles. The molecule has 0 aliphatic heterocycles. The Morgan fingerprint density at radius 3 is 2.67 bits per heavy atom. The fraction of sp³-hybridized carbons (Fsp3) is 0.417. The van der Waals surface area contributed by atoms with Crippen LogP contribution in [0.5, 0.6) is 0 Å². The molecule has 0 aliphatic rings. The molecule has 0 aliphatic carbocycles. The van der Waals surface area contributed by atoms with Crippen LogP contribution in [0.15, 0.2) is 18.2 Å². The second-order valence-corrected chi connectivity index (χ2v) is 4.86. The van der Waals surface area contributed by atoms with Crippen LogP contribution in [0.4, 0.5) is 0 Å². The van der Waals surface area contributed by atoms with Crippen molar-refractivity contribution in [2.45, 2.75) is 31.7 Å². The molecule has 0 amide bonds. The lowest BCUT2D eigenvalue weighted by Gasteiger charge is -2.09. The Kier molecular flexibility index (Phi) is 4.48. The molecule has 0 aromatic heterocycles. The van der Waals surface area contributed by atoms with Crippen molar-refractivity contribution in [3.63, 3.8) is 0 Å². The van der Waals surface area contributed by atoms with E-state index >= 15 is 0 Å². The van der Waals surface area contributed by atoms with Gasteiger partial charge in [0.15, 0.2) is 5.78 Å². The Morgan fingerprint density at radius 1 is 1.53 bits per heavy atom. The third kappa shape index (κ3) is 2.89. The third-order valence-electron chi connectivity index (χ3n) is 2.36. The van der Waals surface area contributed by atoms with Crippen LogP contribution in [-0.2, 0) is 13.0 Å². The molecule has 82 valence electrons. The van der Waals surface area contributed by atoms with E-state index in [1.54, 1.807) is 12.1 Å². The normalized spacial score (nSPS) is 12.5. The fourth-order valence-electron chi connectivity index (χ4n) is 1.49. The first-order valence-electron chi connectivity index (χ1n) is 5.01. The minimum absolute atomic E-state index is 0.0192. The second-order valence-electron chi connectivity index (χ2n) is 3.48. The molecule has 1 aromatic rings. The first-order valence-corrected chi connectivity index (χ1v) is 5.92. The van der Waals surface area contributed by atoms with E-state index < -0.39 is 0 Å². The zero-order chi connectivity index (χ0) is 11.4. The third-order valence-corrected chi connectivity index (χ3v) is 2.78. The van der Waals surface area contributed by atoms with Gasteiger partial charge in [-0.1, -0.05) is 41.1 Å². The number of benzene rings is 1. The van der Waals surface area contributed by atoms with Crippen LogP contribution in [0, 0.1) is 0 Å². The summed E-state index contributed by atoms with van der Waals surface area (Å²) in [6.07, 6.45) is 0.800. The number of hydrogen-bond acceptors (Lipinski definition) is 2. The molecule has 1 aromatic carbocycles. The van der Waals surface area contributed by atoms with Gasteiger partial charge in [-0.15, -0.1) is 0 Å². The number of ketones is 1. The van der Waals surface area contributed by atoms with Crippen molar-refractivity contribution in [1.82, 2.24) is 0 Å². The zero-order valence-electron chi connectivity index (χ0n) is 8.96. The van der Waals surface area contributed by atoms with Crippen LogP contribution in [0.3, 0.4) is 0 Å². The summed E-state index contributed by atoms with van der Waals surface area (Å²) in [6, 6.07) is 5.48. The van der Waals surface area contributed by atoms with E-state index in [-0.39, 0.29) is 17.2 Å². The maximum atomic E-state index is 11.8. The van der Waals surface area contributed by atoms with Gasteiger partial charge in [0.25, 0.3) is 0 Å². The zero-order valence-corrected chi connectivity index (χ0v) is 10.5. The van der Waals surface area contributed by atoms with Gasteiger partial charge in [-0.05, 0) is 24.5 Å². The van der Waals surface area contributed by atoms with Crippen LogP contribution < -0.4 is 0 Å². The quantitative estimate of drug-likeness (QED) is 0.675. The largest absolute Gasteiger partial charge is 0.392 e. The molecule has 1 N–H and O–H groups in total. The van der Waals surface area contributed by atoms with E-state index in [1.165, 1.54) is 0 Å². The second kappa shape index (κ2) is 5.42. The first kappa shape index (κ1) is 12.4. The number of rotatable bonds is 4. The molecule has 1 atom stereocenters.